The van der Waals surface area contributed by atoms with Gasteiger partial charge in [0.25, 0.3) is 0 Å². The second-order valence-corrected chi connectivity index (χ2v) is 6.25. The first-order valence-electron chi connectivity index (χ1n) is 7.51. The third kappa shape index (κ3) is 4.47. The van der Waals surface area contributed by atoms with Gasteiger partial charge in [-0.2, -0.15) is 0 Å². The Hall–Kier alpha value is -1.10. The summed E-state index contributed by atoms with van der Waals surface area (Å²) in [6.07, 6.45) is 5.90. The Bertz CT molecular complexity index is 336. The molecular weight excluding hydrogens is 256 g/mol. The number of hydrogen-bond donors (Lipinski definition) is 2. The van der Waals surface area contributed by atoms with Gasteiger partial charge < -0.3 is 15.8 Å². The second kappa shape index (κ2) is 7.62. The number of carbonyl (C=O) groups excluding carboxylic acids is 2. The molecule has 5 heteroatoms. The molecule has 0 unspecified atom stereocenters. The molecule has 1 fully saturated rings. The molecule has 20 heavy (non-hydrogen) atoms. The topological polar surface area (TPSA) is 81.4 Å². The van der Waals surface area contributed by atoms with Gasteiger partial charge in [-0.05, 0) is 30.7 Å². The Labute approximate surface area is 121 Å². The molecule has 0 heterocycles. The van der Waals surface area contributed by atoms with E-state index in [0.717, 1.165) is 25.7 Å². The van der Waals surface area contributed by atoms with Gasteiger partial charge in [-0.15, -0.1) is 0 Å². The molecule has 1 amide bonds. The van der Waals surface area contributed by atoms with E-state index in [1.165, 1.54) is 13.5 Å². The maximum Gasteiger partial charge on any atom is 0.328 e. The molecule has 1 aliphatic rings. The summed E-state index contributed by atoms with van der Waals surface area (Å²) in [4.78, 5) is 23.9. The van der Waals surface area contributed by atoms with Crippen molar-refractivity contribution < 1.29 is 14.3 Å². The number of amides is 1. The number of methoxy groups -OCH3 is 1. The average Bonchev–Trinajstić information content (AvgIpc) is 2.44. The Balaban J connectivity index is 2.62. The highest BCUT2D eigenvalue weighted by Gasteiger charge is 2.34. The van der Waals surface area contributed by atoms with Crippen molar-refractivity contribution in [1.29, 1.82) is 0 Å². The zero-order valence-electron chi connectivity index (χ0n) is 12.9. The normalized spacial score (nSPS) is 19.4. The van der Waals surface area contributed by atoms with Crippen LogP contribution in [0.25, 0.3) is 0 Å². The predicted octanol–water partition coefficient (Wildman–Crippen LogP) is 1.60. The van der Waals surface area contributed by atoms with Crippen molar-refractivity contribution >= 4 is 11.9 Å². The molecule has 116 valence electrons. The summed E-state index contributed by atoms with van der Waals surface area (Å²) in [7, 11) is 1.34. The molecule has 0 radical (unpaired) electrons. The molecule has 1 rings (SSSR count). The minimum absolute atomic E-state index is 0.00609. The lowest BCUT2D eigenvalue weighted by molar-refractivity contribution is -0.146. The van der Waals surface area contributed by atoms with Crippen LogP contribution in [0.15, 0.2) is 0 Å². The molecule has 0 aliphatic heterocycles. The van der Waals surface area contributed by atoms with Crippen LogP contribution in [0.2, 0.25) is 0 Å². The predicted molar refractivity (Wildman–Crippen MR) is 78.0 cm³/mol. The maximum absolute atomic E-state index is 12.2. The van der Waals surface area contributed by atoms with Crippen LogP contribution in [0.1, 0.15) is 52.4 Å². The van der Waals surface area contributed by atoms with Gasteiger partial charge in [0, 0.05) is 6.42 Å². The molecule has 0 aromatic heterocycles. The first-order valence-corrected chi connectivity index (χ1v) is 7.51. The van der Waals surface area contributed by atoms with Crippen LogP contribution in [-0.2, 0) is 14.3 Å². The van der Waals surface area contributed by atoms with E-state index in [0.29, 0.717) is 13.0 Å². The first-order chi connectivity index (χ1) is 9.44. The summed E-state index contributed by atoms with van der Waals surface area (Å²) in [6.45, 7) is 4.31. The number of carbonyl (C=O) groups is 2. The highest BCUT2D eigenvalue weighted by molar-refractivity contribution is 5.84. The fourth-order valence-electron chi connectivity index (χ4n) is 2.94. The van der Waals surface area contributed by atoms with Crippen molar-refractivity contribution in [2.24, 2.45) is 17.1 Å². The molecule has 5 nitrogen and oxygen atoms in total. The second-order valence-electron chi connectivity index (χ2n) is 6.25. The minimum atomic E-state index is -0.578. The van der Waals surface area contributed by atoms with Gasteiger partial charge in [0.15, 0.2) is 0 Å². The molecule has 0 spiro atoms. The summed E-state index contributed by atoms with van der Waals surface area (Å²) in [6, 6.07) is -0.578. The molecular formula is C15H28N2O3. The minimum Gasteiger partial charge on any atom is -0.467 e. The van der Waals surface area contributed by atoms with Crippen molar-refractivity contribution in [3.05, 3.63) is 0 Å². The molecule has 0 aromatic rings. The number of esters is 1. The summed E-state index contributed by atoms with van der Waals surface area (Å²) in [5, 5.41) is 2.80. The number of rotatable bonds is 6. The van der Waals surface area contributed by atoms with E-state index in [1.54, 1.807) is 0 Å². The molecule has 0 bridgehead atoms. The van der Waals surface area contributed by atoms with Crippen LogP contribution >= 0.6 is 0 Å². The van der Waals surface area contributed by atoms with Gasteiger partial charge in [0.1, 0.15) is 6.04 Å². The van der Waals surface area contributed by atoms with E-state index >= 15 is 0 Å². The van der Waals surface area contributed by atoms with Crippen molar-refractivity contribution in [2.45, 2.75) is 58.4 Å². The van der Waals surface area contributed by atoms with Gasteiger partial charge in [0.05, 0.1) is 7.11 Å². The van der Waals surface area contributed by atoms with Gasteiger partial charge in [-0.25, -0.2) is 4.79 Å². The Morgan fingerprint density at radius 2 is 1.85 bits per heavy atom. The fraction of sp³-hybridized carbons (Fsp3) is 0.867. The van der Waals surface area contributed by atoms with Gasteiger partial charge in [0.2, 0.25) is 5.91 Å². The van der Waals surface area contributed by atoms with Crippen LogP contribution in [0.5, 0.6) is 0 Å². The van der Waals surface area contributed by atoms with E-state index < -0.39 is 12.0 Å². The molecule has 1 aliphatic carbocycles. The monoisotopic (exact) mass is 284 g/mol. The zero-order valence-corrected chi connectivity index (χ0v) is 12.9. The number of hydrogen-bond acceptors (Lipinski definition) is 4. The zero-order chi connectivity index (χ0) is 15.2. The van der Waals surface area contributed by atoms with Gasteiger partial charge in [-0.1, -0.05) is 33.1 Å². The average molecular weight is 284 g/mol. The quantitative estimate of drug-likeness (QED) is 0.726. The Morgan fingerprint density at radius 1 is 1.25 bits per heavy atom. The summed E-state index contributed by atoms with van der Waals surface area (Å²) in [5.41, 5.74) is 5.81. The highest BCUT2D eigenvalue weighted by Crippen LogP contribution is 2.38. The molecule has 1 atom stereocenters. The SMILES string of the molecule is COC(=O)[C@@H](NC(=O)CC1(CN)CCCCC1)C(C)C. The van der Waals surface area contributed by atoms with Crippen LogP contribution in [0.3, 0.4) is 0 Å². The van der Waals surface area contributed by atoms with Crippen LogP contribution in [-0.4, -0.2) is 31.6 Å². The third-order valence-electron chi connectivity index (χ3n) is 4.32. The van der Waals surface area contributed by atoms with Crippen molar-refractivity contribution in [1.82, 2.24) is 5.32 Å². The number of nitrogens with two attached hydrogens (primary N) is 1. The maximum atomic E-state index is 12.2. The smallest absolute Gasteiger partial charge is 0.328 e. The third-order valence-corrected chi connectivity index (χ3v) is 4.32. The fourth-order valence-corrected chi connectivity index (χ4v) is 2.94. The Kier molecular flexibility index (Phi) is 6.46. The Morgan fingerprint density at radius 3 is 2.30 bits per heavy atom. The van der Waals surface area contributed by atoms with Crippen LogP contribution < -0.4 is 11.1 Å². The lowest BCUT2D eigenvalue weighted by atomic mass is 9.71. The number of nitrogens with one attached hydrogen (secondary N) is 1. The number of ether oxygens (including phenoxy) is 1. The standard InChI is InChI=1S/C15H28N2O3/c1-11(2)13(14(19)20-3)17-12(18)9-15(10-16)7-5-4-6-8-15/h11,13H,4-10,16H2,1-3H3,(H,17,18)/t13-/m0/s1. The van der Waals surface area contributed by atoms with Crippen LogP contribution in [0.4, 0.5) is 0 Å². The molecule has 0 saturated heterocycles. The highest BCUT2D eigenvalue weighted by atomic mass is 16.5. The van der Waals surface area contributed by atoms with E-state index in [4.69, 9.17) is 10.5 Å². The van der Waals surface area contributed by atoms with Crippen molar-refractivity contribution in [3.63, 3.8) is 0 Å². The van der Waals surface area contributed by atoms with Gasteiger partial charge >= 0.3 is 5.97 Å². The van der Waals surface area contributed by atoms with E-state index in [2.05, 4.69) is 5.32 Å². The molecule has 3 N–H and O–H groups in total. The van der Waals surface area contributed by atoms with Gasteiger partial charge in [-0.3, -0.25) is 4.79 Å². The van der Waals surface area contributed by atoms with Crippen molar-refractivity contribution in [3.8, 4) is 0 Å². The molecule has 1 saturated carbocycles. The summed E-state index contributed by atoms with van der Waals surface area (Å²) in [5.74, 6) is -0.480. The lowest BCUT2D eigenvalue weighted by Gasteiger charge is -2.36. The first kappa shape index (κ1) is 17.0. The van der Waals surface area contributed by atoms with E-state index in [9.17, 15) is 9.59 Å². The van der Waals surface area contributed by atoms with E-state index in [1.807, 2.05) is 13.8 Å². The largest absolute Gasteiger partial charge is 0.467 e. The molecule has 0 aromatic carbocycles. The van der Waals surface area contributed by atoms with Crippen LogP contribution in [0, 0.1) is 11.3 Å². The van der Waals surface area contributed by atoms with Crippen molar-refractivity contribution in [2.75, 3.05) is 13.7 Å². The summed E-state index contributed by atoms with van der Waals surface area (Å²) < 4.78 is 4.74. The summed E-state index contributed by atoms with van der Waals surface area (Å²) >= 11 is 0. The van der Waals surface area contributed by atoms with E-state index in [-0.39, 0.29) is 17.2 Å². The lowest BCUT2D eigenvalue weighted by Crippen LogP contribution is -2.47.